The van der Waals surface area contributed by atoms with Gasteiger partial charge >= 0.3 is 31.0 Å². The number of nitrogens with zero attached hydrogens (tertiary/aromatic N) is 2. The molecular formula is C47H33F14N5O11. The second kappa shape index (κ2) is 23.2. The first kappa shape index (κ1) is 50.1. The van der Waals surface area contributed by atoms with E-state index >= 15 is 8.78 Å². The molecule has 0 bridgehead atoms. The number of carbonyl (C=O) groups is 4. The third kappa shape index (κ3) is 15.0. The smallest absolute Gasteiger partial charge is 0.493 e. The molecule has 0 spiro atoms. The Bertz CT molecular complexity index is 3450. The monoisotopic (exact) mass is 1120 g/mol. The number of esters is 1. The van der Waals surface area contributed by atoms with Crippen LogP contribution in [-0.4, -0.2) is 67.6 Å². The van der Waals surface area contributed by atoms with E-state index in [1.165, 1.54) is 13.8 Å². The number of carbonyl (C=O) groups excluding carboxylic acids is 4. The van der Waals surface area contributed by atoms with Crippen LogP contribution in [0.25, 0.3) is 0 Å². The molecule has 0 fully saturated rings. The van der Waals surface area contributed by atoms with Gasteiger partial charge in [0.05, 0.1) is 40.5 Å². The summed E-state index contributed by atoms with van der Waals surface area (Å²) in [6.07, 6.45) is -18.7. The number of hydrogen-bond acceptors (Lipinski definition) is 13. The molecule has 0 aliphatic heterocycles. The van der Waals surface area contributed by atoms with E-state index in [2.05, 4.69) is 44.3 Å². The largest absolute Gasteiger partial charge is 0.573 e. The van der Waals surface area contributed by atoms with Gasteiger partial charge < -0.3 is 49.5 Å². The Morgan fingerprint density at radius 2 is 0.922 bits per heavy atom. The van der Waals surface area contributed by atoms with Gasteiger partial charge in [-0.3, -0.25) is 19.4 Å². The maximum Gasteiger partial charge on any atom is 0.573 e. The number of rotatable bonds is 14. The lowest BCUT2D eigenvalue weighted by Crippen LogP contribution is -2.20. The van der Waals surface area contributed by atoms with Crippen LogP contribution in [0.3, 0.4) is 0 Å². The fraction of sp³-hybridized carbons (Fsp3) is 0.191. The number of amides is 3. The molecular weight excluding hydrogens is 1080 g/mol. The topological polar surface area (TPSA) is 209 Å². The Balaban J connectivity index is 0.000000304. The van der Waals surface area contributed by atoms with Crippen LogP contribution in [0.15, 0.2) is 85.2 Å². The van der Waals surface area contributed by atoms with Gasteiger partial charge in [0.15, 0.2) is 34.6 Å². The summed E-state index contributed by atoms with van der Waals surface area (Å²) < 4.78 is 262. The number of nitrogens with one attached hydrogen (secondary N) is 2. The number of aromatic nitrogens is 2. The van der Waals surface area contributed by atoms with Crippen molar-refractivity contribution >= 4 is 35.1 Å². The number of methoxy groups -OCH3 is 3. The van der Waals surface area contributed by atoms with Crippen molar-refractivity contribution in [3.63, 3.8) is 0 Å². The number of nitrogens with two attached hydrogens (primary N) is 1. The van der Waals surface area contributed by atoms with E-state index in [4.69, 9.17) is 23.4 Å². The molecule has 0 radical (unpaired) electrons. The lowest BCUT2D eigenvalue weighted by molar-refractivity contribution is -0.275. The summed E-state index contributed by atoms with van der Waals surface area (Å²) in [5, 5.41) is 4.25. The van der Waals surface area contributed by atoms with Crippen LogP contribution in [0.1, 0.15) is 72.2 Å². The summed E-state index contributed by atoms with van der Waals surface area (Å²) >= 11 is 0. The predicted molar refractivity (Wildman–Crippen MR) is 236 cm³/mol. The number of aryl methyl sites for hydroxylation is 2. The molecule has 410 valence electrons. The summed E-state index contributed by atoms with van der Waals surface area (Å²) in [5.74, 6) is -16.3. The standard InChI is InChI=1S/C24H17F7N2O6.C23H16F7N3O5/c1-11-10-32-15(22(35)37-3)9-14(11)33-21(34)19-17(7-5-13(20(19)25)23(26,27)28)38-16-6-4-12(8-18(16)36-2)39-24(29,30)31;1-10-9-32-14(20(31)34)8-13(10)33-21(35)18-16(6-4-12(19(18)24)22(25,26)27)37-15-5-3-11(7-17(15)36-2)38-23(28,29)30/h4-10H,1-3H3,(H,32,33,34);3-9H,1-2H3,(H2,31,34)(H,32,33,35)/i2*2D3. The van der Waals surface area contributed by atoms with Crippen LogP contribution in [-0.2, 0) is 17.1 Å². The third-order valence-corrected chi connectivity index (χ3v) is 9.58. The highest BCUT2D eigenvalue weighted by Crippen LogP contribution is 2.43. The second-order valence-electron chi connectivity index (χ2n) is 14.8. The Hall–Kier alpha value is -9.12. The van der Waals surface area contributed by atoms with Crippen LogP contribution < -0.4 is 44.8 Å². The van der Waals surface area contributed by atoms with E-state index in [-0.39, 0.29) is 46.0 Å². The first-order chi connectivity index (χ1) is 38.0. The first-order valence-corrected chi connectivity index (χ1v) is 20.3. The molecule has 16 nitrogen and oxygen atoms in total. The van der Waals surface area contributed by atoms with Crippen molar-refractivity contribution in [2.45, 2.75) is 38.9 Å². The molecule has 0 saturated heterocycles. The van der Waals surface area contributed by atoms with Gasteiger partial charge in [-0.25, -0.2) is 18.6 Å². The number of benzene rings is 4. The van der Waals surface area contributed by atoms with Crippen LogP contribution in [0.5, 0.6) is 46.0 Å². The number of halogens is 14. The molecule has 0 aliphatic rings. The predicted octanol–water partition coefficient (Wildman–Crippen LogP) is 11.9. The second-order valence-corrected chi connectivity index (χ2v) is 14.8. The lowest BCUT2D eigenvalue weighted by atomic mass is 10.1. The van der Waals surface area contributed by atoms with Gasteiger partial charge in [0.2, 0.25) is 0 Å². The van der Waals surface area contributed by atoms with Gasteiger partial charge in [-0.05, 0) is 85.6 Å². The Morgan fingerprint density at radius 1 is 0.545 bits per heavy atom. The SMILES string of the molecule is [2H]C([2H])([2H])Oc1cc(OC(F)(F)F)ccc1Oc1ccc(C(F)(F)F)c(F)c1C(=O)Nc1cc(C(=O)OC)ncc1C.[2H]C([2H])([2H])Oc1cc(OC(F)(F)F)ccc1Oc1ccc(C(F)(F)F)c(F)c1C(=O)Nc1cc(C(N)=O)ncc1C. The van der Waals surface area contributed by atoms with E-state index in [1.54, 1.807) is 0 Å². The van der Waals surface area contributed by atoms with Gasteiger partial charge in [-0.15, -0.1) is 26.3 Å². The molecule has 0 atom stereocenters. The molecule has 30 heteroatoms. The average Bonchev–Trinajstić information content (AvgIpc) is 3.19. The highest BCUT2D eigenvalue weighted by Gasteiger charge is 2.40. The molecule has 3 amide bonds. The van der Waals surface area contributed by atoms with Crippen LogP contribution >= 0.6 is 0 Å². The minimum absolute atomic E-state index is 0.182. The average molecular weight is 1120 g/mol. The minimum atomic E-state index is -5.28. The van der Waals surface area contributed by atoms with Crippen molar-refractivity contribution in [1.82, 2.24) is 9.97 Å². The van der Waals surface area contributed by atoms with Crippen molar-refractivity contribution < 1.29 is 122 Å². The highest BCUT2D eigenvalue weighted by atomic mass is 19.4. The molecule has 77 heavy (non-hydrogen) atoms. The number of ether oxygens (including phenoxy) is 7. The molecule has 2 aromatic heterocycles. The number of anilines is 2. The normalized spacial score (nSPS) is 13.1. The first-order valence-electron chi connectivity index (χ1n) is 23.3. The third-order valence-electron chi connectivity index (χ3n) is 9.58. The van der Waals surface area contributed by atoms with E-state index in [0.717, 1.165) is 31.6 Å². The van der Waals surface area contributed by atoms with E-state index in [1.807, 2.05) is 0 Å². The van der Waals surface area contributed by atoms with Gasteiger partial charge in [-0.1, -0.05) is 0 Å². The fourth-order valence-corrected chi connectivity index (χ4v) is 6.12. The van der Waals surface area contributed by atoms with Gasteiger partial charge in [0.25, 0.3) is 17.7 Å². The Kier molecular flexibility index (Phi) is 15.1. The van der Waals surface area contributed by atoms with E-state index in [9.17, 15) is 71.9 Å². The zero-order valence-corrected chi connectivity index (χ0v) is 38.3. The van der Waals surface area contributed by atoms with Crippen molar-refractivity contribution in [1.29, 1.82) is 0 Å². The maximum absolute atomic E-state index is 15.3. The maximum atomic E-state index is 15.3. The van der Waals surface area contributed by atoms with Crippen LogP contribution in [0.4, 0.5) is 72.8 Å². The number of hydrogen-bond donors (Lipinski definition) is 3. The summed E-state index contributed by atoms with van der Waals surface area (Å²) in [6, 6.07) is 7.02. The van der Waals surface area contributed by atoms with Gasteiger partial charge in [0.1, 0.15) is 45.5 Å². The molecule has 4 N–H and O–H groups in total. The van der Waals surface area contributed by atoms with Crippen LogP contribution in [0, 0.1) is 25.5 Å². The van der Waals surface area contributed by atoms with Crippen LogP contribution in [0.2, 0.25) is 0 Å². The van der Waals surface area contributed by atoms with Crippen molar-refractivity contribution in [3.8, 4) is 46.0 Å². The molecule has 2 heterocycles. The number of pyridine rings is 2. The molecule has 4 aromatic carbocycles. The van der Waals surface area contributed by atoms with Gasteiger partial charge in [0, 0.05) is 35.9 Å². The quantitative estimate of drug-likeness (QED) is 0.0686. The molecule has 0 aliphatic carbocycles. The lowest BCUT2D eigenvalue weighted by Gasteiger charge is -2.18. The molecule has 6 aromatic rings. The number of primary amides is 1. The van der Waals surface area contributed by atoms with Crippen molar-refractivity contribution in [3.05, 3.63) is 142 Å². The number of alkyl halides is 12. The molecule has 6 rings (SSSR count). The summed E-state index contributed by atoms with van der Waals surface area (Å²) in [5.41, 5.74) is -1.96. The zero-order valence-electron chi connectivity index (χ0n) is 44.3. The van der Waals surface area contributed by atoms with Crippen molar-refractivity contribution in [2.24, 2.45) is 5.73 Å². The van der Waals surface area contributed by atoms with E-state index < -0.39 is 143 Å². The fourth-order valence-electron chi connectivity index (χ4n) is 6.12. The zero-order chi connectivity index (χ0) is 62.5. The summed E-state index contributed by atoms with van der Waals surface area (Å²) in [7, 11) is -5.50. The van der Waals surface area contributed by atoms with Crippen molar-refractivity contribution in [2.75, 3.05) is 31.8 Å². The molecule has 0 unspecified atom stereocenters. The molecule has 0 saturated carbocycles. The summed E-state index contributed by atoms with van der Waals surface area (Å²) in [4.78, 5) is 57.0. The highest BCUT2D eigenvalue weighted by molar-refractivity contribution is 6.08. The Labute approximate surface area is 431 Å². The minimum Gasteiger partial charge on any atom is -0.493 e. The Morgan fingerprint density at radius 3 is 1.27 bits per heavy atom. The van der Waals surface area contributed by atoms with E-state index in [0.29, 0.717) is 48.5 Å². The summed E-state index contributed by atoms with van der Waals surface area (Å²) in [6.45, 7) is 2.78. The van der Waals surface area contributed by atoms with Gasteiger partial charge in [-0.2, -0.15) is 26.3 Å².